The van der Waals surface area contributed by atoms with Crippen molar-refractivity contribution in [3.05, 3.63) is 0 Å². The zero-order valence-corrected chi connectivity index (χ0v) is 12.5. The molecule has 1 saturated carbocycles. The highest BCUT2D eigenvalue weighted by molar-refractivity contribution is 4.93. The smallest absolute Gasteiger partial charge is 0.0307 e. The molecule has 106 valence electrons. The van der Waals surface area contributed by atoms with Gasteiger partial charge in [-0.05, 0) is 33.1 Å². The van der Waals surface area contributed by atoms with Crippen LogP contribution >= 0.6 is 0 Å². The van der Waals surface area contributed by atoms with Gasteiger partial charge in [-0.15, -0.1) is 0 Å². The largest absolute Gasteiger partial charge is 0.329 e. The first-order valence-electron chi connectivity index (χ1n) is 7.74. The fourth-order valence-electron chi connectivity index (χ4n) is 3.44. The van der Waals surface area contributed by atoms with Gasteiger partial charge in [-0.25, -0.2) is 0 Å². The van der Waals surface area contributed by atoms with E-state index >= 15 is 0 Å². The Balaban J connectivity index is 1.88. The van der Waals surface area contributed by atoms with Gasteiger partial charge in [0.05, 0.1) is 0 Å². The molecular weight excluding hydrogens is 222 g/mol. The minimum atomic E-state index is 0.244. The average molecular weight is 253 g/mol. The Bertz CT molecular complexity index is 254. The van der Waals surface area contributed by atoms with Crippen molar-refractivity contribution in [1.82, 2.24) is 9.80 Å². The van der Waals surface area contributed by atoms with E-state index in [2.05, 4.69) is 30.6 Å². The van der Waals surface area contributed by atoms with Crippen molar-refractivity contribution in [1.29, 1.82) is 0 Å². The number of hydrogen-bond acceptors (Lipinski definition) is 3. The summed E-state index contributed by atoms with van der Waals surface area (Å²) in [6, 6.07) is 0.683. The first kappa shape index (κ1) is 14.3. The predicted octanol–water partition coefficient (Wildman–Crippen LogP) is 1.92. The van der Waals surface area contributed by atoms with Gasteiger partial charge in [0.25, 0.3) is 0 Å². The van der Waals surface area contributed by atoms with Crippen molar-refractivity contribution in [3.8, 4) is 0 Å². The second-order valence-corrected chi connectivity index (χ2v) is 6.82. The number of nitrogens with two attached hydrogens (primary N) is 1. The first-order valence-corrected chi connectivity index (χ1v) is 7.74. The third-order valence-corrected chi connectivity index (χ3v) is 5.20. The van der Waals surface area contributed by atoms with E-state index in [1.807, 2.05) is 0 Å². The Morgan fingerprint density at radius 1 is 1.17 bits per heavy atom. The molecule has 0 aromatic carbocycles. The molecule has 2 N–H and O–H groups in total. The van der Waals surface area contributed by atoms with Crippen molar-refractivity contribution in [3.63, 3.8) is 0 Å². The molecule has 0 radical (unpaired) electrons. The summed E-state index contributed by atoms with van der Waals surface area (Å²) in [6.45, 7) is 12.6. The second-order valence-electron chi connectivity index (χ2n) is 6.82. The molecule has 0 aromatic rings. The number of rotatable bonds is 5. The minimum absolute atomic E-state index is 0.244. The lowest BCUT2D eigenvalue weighted by atomic mass is 9.75. The van der Waals surface area contributed by atoms with Crippen molar-refractivity contribution < 1.29 is 0 Å². The van der Waals surface area contributed by atoms with E-state index in [1.54, 1.807) is 0 Å². The molecule has 3 heteroatoms. The molecular formula is C15H31N3. The molecule has 18 heavy (non-hydrogen) atoms. The molecule has 2 fully saturated rings. The van der Waals surface area contributed by atoms with E-state index in [9.17, 15) is 0 Å². The molecule has 1 saturated heterocycles. The van der Waals surface area contributed by atoms with Gasteiger partial charge in [-0.1, -0.05) is 19.3 Å². The van der Waals surface area contributed by atoms with Crippen LogP contribution in [0.3, 0.4) is 0 Å². The standard InChI is InChI=1S/C15H31N3/c1-13(2)17-7-9-18(10-8-17)15(3,12-16)11-14-5-4-6-14/h13-14H,4-12,16H2,1-3H3. The Morgan fingerprint density at radius 3 is 2.17 bits per heavy atom. The fourth-order valence-corrected chi connectivity index (χ4v) is 3.44. The molecule has 0 aromatic heterocycles. The molecule has 1 atom stereocenters. The topological polar surface area (TPSA) is 32.5 Å². The summed E-state index contributed by atoms with van der Waals surface area (Å²) < 4.78 is 0. The fraction of sp³-hybridized carbons (Fsp3) is 1.00. The van der Waals surface area contributed by atoms with Crippen LogP contribution in [-0.2, 0) is 0 Å². The molecule has 1 heterocycles. The van der Waals surface area contributed by atoms with Gasteiger partial charge in [0.2, 0.25) is 0 Å². The van der Waals surface area contributed by atoms with E-state index in [0.29, 0.717) is 6.04 Å². The molecule has 3 nitrogen and oxygen atoms in total. The van der Waals surface area contributed by atoms with Crippen LogP contribution in [0.5, 0.6) is 0 Å². The van der Waals surface area contributed by atoms with Gasteiger partial charge < -0.3 is 5.73 Å². The number of piperazine rings is 1. The lowest BCUT2D eigenvalue weighted by Gasteiger charge is -2.48. The van der Waals surface area contributed by atoms with Crippen LogP contribution in [0.4, 0.5) is 0 Å². The van der Waals surface area contributed by atoms with Crippen LogP contribution in [-0.4, -0.2) is 54.1 Å². The van der Waals surface area contributed by atoms with Crippen LogP contribution in [0.15, 0.2) is 0 Å². The maximum Gasteiger partial charge on any atom is 0.0307 e. The molecule has 1 aliphatic heterocycles. The van der Waals surface area contributed by atoms with E-state index < -0.39 is 0 Å². The molecule has 2 rings (SSSR count). The summed E-state index contributed by atoms with van der Waals surface area (Å²) >= 11 is 0. The number of hydrogen-bond donors (Lipinski definition) is 1. The van der Waals surface area contributed by atoms with Gasteiger partial charge >= 0.3 is 0 Å². The van der Waals surface area contributed by atoms with Gasteiger partial charge in [-0.2, -0.15) is 0 Å². The van der Waals surface area contributed by atoms with E-state index in [0.717, 1.165) is 12.5 Å². The molecule has 1 aliphatic carbocycles. The summed E-state index contributed by atoms with van der Waals surface area (Å²) in [5.74, 6) is 0.946. The van der Waals surface area contributed by atoms with Gasteiger partial charge in [0.1, 0.15) is 0 Å². The van der Waals surface area contributed by atoms with Crippen molar-refractivity contribution in [2.75, 3.05) is 32.7 Å². The second kappa shape index (κ2) is 5.89. The SMILES string of the molecule is CC(C)N1CCN(C(C)(CN)CC2CCC2)CC1. The zero-order chi connectivity index (χ0) is 13.2. The van der Waals surface area contributed by atoms with Gasteiger partial charge in [0.15, 0.2) is 0 Å². The van der Waals surface area contributed by atoms with Gasteiger partial charge in [-0.3, -0.25) is 9.80 Å². The number of nitrogens with zero attached hydrogens (tertiary/aromatic N) is 2. The van der Waals surface area contributed by atoms with Crippen molar-refractivity contribution in [2.24, 2.45) is 11.7 Å². The highest BCUT2D eigenvalue weighted by Crippen LogP contribution is 2.36. The van der Waals surface area contributed by atoms with Crippen LogP contribution in [0, 0.1) is 5.92 Å². The van der Waals surface area contributed by atoms with Crippen molar-refractivity contribution >= 4 is 0 Å². The first-order chi connectivity index (χ1) is 8.55. The Kier molecular flexibility index (Phi) is 4.68. The molecule has 1 unspecified atom stereocenters. The maximum atomic E-state index is 6.10. The van der Waals surface area contributed by atoms with Crippen LogP contribution in [0.25, 0.3) is 0 Å². The van der Waals surface area contributed by atoms with E-state index in [-0.39, 0.29) is 5.54 Å². The summed E-state index contributed by atoms with van der Waals surface area (Å²) in [7, 11) is 0. The summed E-state index contributed by atoms with van der Waals surface area (Å²) in [5, 5.41) is 0. The monoisotopic (exact) mass is 253 g/mol. The molecule has 0 amide bonds. The average Bonchev–Trinajstić information content (AvgIpc) is 2.34. The van der Waals surface area contributed by atoms with Crippen LogP contribution in [0.2, 0.25) is 0 Å². The Labute approximate surface area is 113 Å². The Morgan fingerprint density at radius 2 is 1.78 bits per heavy atom. The predicted molar refractivity (Wildman–Crippen MR) is 77.7 cm³/mol. The summed E-state index contributed by atoms with van der Waals surface area (Å²) in [5.41, 5.74) is 6.35. The molecule has 0 spiro atoms. The molecule has 2 aliphatic rings. The third-order valence-electron chi connectivity index (χ3n) is 5.20. The van der Waals surface area contributed by atoms with Crippen LogP contribution < -0.4 is 5.73 Å². The normalized spacial score (nSPS) is 27.2. The quantitative estimate of drug-likeness (QED) is 0.812. The van der Waals surface area contributed by atoms with Crippen LogP contribution in [0.1, 0.15) is 46.5 Å². The lowest BCUT2D eigenvalue weighted by molar-refractivity contribution is 0.0147. The van der Waals surface area contributed by atoms with E-state index in [1.165, 1.54) is 51.9 Å². The van der Waals surface area contributed by atoms with Crippen molar-refractivity contribution in [2.45, 2.75) is 58.0 Å². The summed E-state index contributed by atoms with van der Waals surface area (Å²) in [4.78, 5) is 5.24. The zero-order valence-electron chi connectivity index (χ0n) is 12.5. The maximum absolute atomic E-state index is 6.10. The summed E-state index contributed by atoms with van der Waals surface area (Å²) in [6.07, 6.45) is 5.61. The Hall–Kier alpha value is -0.120. The highest BCUT2D eigenvalue weighted by atomic mass is 15.3. The molecule has 0 bridgehead atoms. The van der Waals surface area contributed by atoms with Gasteiger partial charge in [0, 0.05) is 44.3 Å². The lowest BCUT2D eigenvalue weighted by Crippen LogP contribution is -2.60. The van der Waals surface area contributed by atoms with E-state index in [4.69, 9.17) is 5.73 Å². The third kappa shape index (κ3) is 3.06. The minimum Gasteiger partial charge on any atom is -0.329 e. The highest BCUT2D eigenvalue weighted by Gasteiger charge is 2.36.